The molecule has 0 amide bonds. The quantitative estimate of drug-likeness (QED) is 0.171. The van der Waals surface area contributed by atoms with E-state index in [0.29, 0.717) is 5.56 Å². The molecule has 10 rings (SSSR count). The summed E-state index contributed by atoms with van der Waals surface area (Å²) in [4.78, 5) is 2.25. The average Bonchev–Trinajstić information content (AvgIpc) is 3.60. The number of anilines is 3. The number of fused-ring (bicyclic) bond motifs is 5. The normalized spacial score (nSPS) is 12.8. The van der Waals surface area contributed by atoms with E-state index < -0.39 is 6.04 Å². The van der Waals surface area contributed by atoms with E-state index in [-0.39, 0.29) is 29.7 Å². The van der Waals surface area contributed by atoms with Crippen molar-refractivity contribution in [3.05, 3.63) is 206 Å². The minimum atomic E-state index is -0.403. The van der Waals surface area contributed by atoms with E-state index >= 15 is 0 Å². The maximum Gasteiger partial charge on any atom is 0.0629 e. The molecule has 244 valence electrons. The number of hydrogen-bond donors (Lipinski definition) is 0. The van der Waals surface area contributed by atoms with Crippen molar-refractivity contribution < 1.29 is 6.85 Å². The van der Waals surface area contributed by atoms with E-state index in [4.69, 9.17) is 6.85 Å². The summed E-state index contributed by atoms with van der Waals surface area (Å²) in [5.74, 6) is 0. The summed E-state index contributed by atoms with van der Waals surface area (Å²) in [6, 6.07) is 59.5. The lowest BCUT2D eigenvalue weighted by Gasteiger charge is -2.28. The third-order valence-electron chi connectivity index (χ3n) is 10.0. The van der Waals surface area contributed by atoms with E-state index in [1.165, 1.54) is 10.8 Å². The Morgan fingerprint density at radius 3 is 1.92 bits per heavy atom. The van der Waals surface area contributed by atoms with Gasteiger partial charge < -0.3 is 9.47 Å². The van der Waals surface area contributed by atoms with Crippen LogP contribution in [0.3, 0.4) is 0 Å². The fourth-order valence-corrected chi connectivity index (χ4v) is 7.72. The van der Waals surface area contributed by atoms with Gasteiger partial charge in [0.05, 0.1) is 29.3 Å². The first kappa shape index (κ1) is 25.1. The van der Waals surface area contributed by atoms with Gasteiger partial charge in [0.25, 0.3) is 0 Å². The highest BCUT2D eigenvalue weighted by Gasteiger charge is 2.22. The van der Waals surface area contributed by atoms with E-state index in [0.717, 1.165) is 66.5 Å². The second kappa shape index (κ2) is 12.5. The minimum Gasteiger partial charge on any atom is -0.310 e. The Hall–Kier alpha value is -6.90. The molecule has 0 aliphatic carbocycles. The Labute approximate surface area is 310 Å². The van der Waals surface area contributed by atoms with Gasteiger partial charge in [-0.1, -0.05) is 158 Å². The van der Waals surface area contributed by atoms with Crippen LogP contribution in [0.4, 0.5) is 17.1 Å². The van der Waals surface area contributed by atoms with Crippen LogP contribution in [0.1, 0.15) is 6.85 Å². The largest absolute Gasteiger partial charge is 0.310 e. The van der Waals surface area contributed by atoms with Gasteiger partial charge in [-0.05, 0) is 81.4 Å². The molecule has 0 bridgehead atoms. The Bertz CT molecular complexity index is 3170. The summed E-state index contributed by atoms with van der Waals surface area (Å²) >= 11 is 0. The van der Waals surface area contributed by atoms with E-state index in [2.05, 4.69) is 149 Å². The van der Waals surface area contributed by atoms with Gasteiger partial charge in [-0.25, -0.2) is 0 Å². The van der Waals surface area contributed by atoms with Crippen LogP contribution < -0.4 is 4.90 Å². The van der Waals surface area contributed by atoms with Gasteiger partial charge in [0, 0.05) is 33.1 Å². The van der Waals surface area contributed by atoms with Gasteiger partial charge in [-0.2, -0.15) is 0 Å². The Morgan fingerprint density at radius 1 is 0.423 bits per heavy atom. The molecule has 0 N–H and O–H groups in total. The molecule has 0 fully saturated rings. The molecular weight excluding hydrogens is 629 g/mol. The molecule has 9 aromatic carbocycles. The Morgan fingerprint density at radius 2 is 1.06 bits per heavy atom. The summed E-state index contributed by atoms with van der Waals surface area (Å²) < 4.78 is 44.2. The van der Waals surface area contributed by atoms with Crippen LogP contribution in [-0.4, -0.2) is 4.57 Å². The number of para-hydroxylation sites is 2. The zero-order chi connectivity index (χ0) is 38.8. The van der Waals surface area contributed by atoms with Crippen LogP contribution >= 0.6 is 0 Å². The molecule has 0 aliphatic rings. The van der Waals surface area contributed by atoms with Crippen LogP contribution in [0.5, 0.6) is 0 Å². The second-order valence-corrected chi connectivity index (χ2v) is 13.0. The fraction of sp³-hybridized carbons (Fsp3) is 0. The van der Waals surface area contributed by atoms with Crippen LogP contribution in [0.25, 0.3) is 71.3 Å². The zero-order valence-electron chi connectivity index (χ0n) is 33.1. The summed E-state index contributed by atoms with van der Waals surface area (Å²) in [6.07, 6.45) is 0. The average molecular weight is 668 g/mol. The van der Waals surface area contributed by atoms with Crippen molar-refractivity contribution in [1.29, 1.82) is 0 Å². The Balaban J connectivity index is 1.21. The van der Waals surface area contributed by atoms with Crippen molar-refractivity contribution >= 4 is 60.4 Å². The maximum atomic E-state index is 8.62. The molecule has 0 spiro atoms. The number of benzene rings is 9. The summed E-state index contributed by atoms with van der Waals surface area (Å²) in [7, 11) is 0. The van der Waals surface area contributed by atoms with Crippen molar-refractivity contribution in [2.45, 2.75) is 0 Å². The van der Waals surface area contributed by atoms with Crippen molar-refractivity contribution in [2.24, 2.45) is 0 Å². The predicted octanol–water partition coefficient (Wildman–Crippen LogP) is 13.9. The monoisotopic (exact) mass is 667 g/mol. The van der Waals surface area contributed by atoms with Gasteiger partial charge in [0.15, 0.2) is 0 Å². The topological polar surface area (TPSA) is 8.17 Å². The lowest BCUT2D eigenvalue weighted by molar-refractivity contribution is 1.20. The van der Waals surface area contributed by atoms with Gasteiger partial charge in [-0.15, -0.1) is 0 Å². The van der Waals surface area contributed by atoms with E-state index in [9.17, 15) is 0 Å². The highest BCUT2D eigenvalue weighted by molar-refractivity contribution is 6.17. The number of nitrogens with zero attached hydrogens (tertiary/aromatic N) is 2. The van der Waals surface area contributed by atoms with Gasteiger partial charge in [0.1, 0.15) is 0 Å². The standard InChI is InChI=1S/C50H34N2/c1-2-14-35(15-3-1)37-28-31-40(32-29-37)51(41-33-30-36-16-4-5-18-39(36)34-41)47-24-10-8-21-43(47)44-23-13-27-49-50(44)45-22-9-11-25-48(45)52(49)46-26-12-19-38-17-6-7-20-42(38)46/h1-34H/i1D,2D,3D,14D,15D. The molecule has 2 nitrogen and oxygen atoms in total. The van der Waals surface area contributed by atoms with Crippen molar-refractivity contribution in [1.82, 2.24) is 4.57 Å². The van der Waals surface area contributed by atoms with Crippen LogP contribution in [0.15, 0.2) is 206 Å². The van der Waals surface area contributed by atoms with E-state index in [1.54, 1.807) is 0 Å². The van der Waals surface area contributed by atoms with Crippen molar-refractivity contribution in [3.63, 3.8) is 0 Å². The first-order valence-corrected chi connectivity index (χ1v) is 17.4. The molecule has 0 unspecified atom stereocenters. The third-order valence-corrected chi connectivity index (χ3v) is 10.0. The van der Waals surface area contributed by atoms with E-state index in [1.807, 2.05) is 36.4 Å². The first-order valence-electron chi connectivity index (χ1n) is 19.9. The fourth-order valence-electron chi connectivity index (χ4n) is 7.72. The number of hydrogen-bond acceptors (Lipinski definition) is 1. The SMILES string of the molecule is [2H]c1c([2H])c([2H])c(-c2ccc(N(c3ccc4ccccc4c3)c3ccccc3-c3cccc4c3c3ccccc3n4-c3cccc4ccccc34)cc2)c([2H])c1[2H]. The molecule has 1 aromatic heterocycles. The summed E-state index contributed by atoms with van der Waals surface area (Å²) in [6.45, 7) is 0. The predicted molar refractivity (Wildman–Crippen MR) is 221 cm³/mol. The second-order valence-electron chi connectivity index (χ2n) is 13.0. The summed E-state index contributed by atoms with van der Waals surface area (Å²) in [5.41, 5.74) is 9.03. The first-order chi connectivity index (χ1) is 27.9. The molecular formula is C50H34N2. The number of aromatic nitrogens is 1. The minimum absolute atomic E-state index is 0.180. The summed E-state index contributed by atoms with van der Waals surface area (Å²) in [5, 5.41) is 6.93. The Kier molecular flexibility index (Phi) is 6.01. The molecule has 10 aromatic rings. The zero-order valence-corrected chi connectivity index (χ0v) is 28.1. The van der Waals surface area contributed by atoms with Crippen LogP contribution in [0, 0.1) is 0 Å². The lowest BCUT2D eigenvalue weighted by Crippen LogP contribution is -2.11. The molecule has 0 radical (unpaired) electrons. The third kappa shape index (κ3) is 4.96. The smallest absolute Gasteiger partial charge is 0.0629 e. The molecule has 0 aliphatic heterocycles. The van der Waals surface area contributed by atoms with Crippen LogP contribution in [-0.2, 0) is 0 Å². The highest BCUT2D eigenvalue weighted by Crippen LogP contribution is 2.46. The molecule has 2 heteroatoms. The number of rotatable bonds is 6. The molecule has 52 heavy (non-hydrogen) atoms. The maximum absolute atomic E-state index is 8.62. The van der Waals surface area contributed by atoms with Crippen LogP contribution in [0.2, 0.25) is 0 Å². The van der Waals surface area contributed by atoms with Gasteiger partial charge in [-0.3, -0.25) is 0 Å². The molecule has 0 saturated carbocycles. The van der Waals surface area contributed by atoms with Crippen molar-refractivity contribution in [2.75, 3.05) is 4.90 Å². The van der Waals surface area contributed by atoms with Gasteiger partial charge in [0.2, 0.25) is 0 Å². The molecule has 0 atom stereocenters. The highest BCUT2D eigenvalue weighted by atomic mass is 15.1. The van der Waals surface area contributed by atoms with Crippen molar-refractivity contribution in [3.8, 4) is 27.9 Å². The van der Waals surface area contributed by atoms with Gasteiger partial charge >= 0.3 is 0 Å². The molecule has 1 heterocycles. The lowest BCUT2D eigenvalue weighted by atomic mass is 9.96. The molecule has 0 saturated heterocycles.